The highest BCUT2D eigenvalue weighted by Crippen LogP contribution is 2.36. The van der Waals surface area contributed by atoms with Crippen molar-refractivity contribution in [2.24, 2.45) is 0 Å². The van der Waals surface area contributed by atoms with Gasteiger partial charge in [-0.15, -0.1) is 0 Å². The van der Waals surface area contributed by atoms with Crippen LogP contribution in [0.2, 0.25) is 0 Å². The summed E-state index contributed by atoms with van der Waals surface area (Å²) in [6.45, 7) is 4.54. The minimum atomic E-state index is -0.376. The first-order chi connectivity index (χ1) is 12.6. The summed E-state index contributed by atoms with van der Waals surface area (Å²) >= 11 is 0. The molecule has 1 saturated carbocycles. The first kappa shape index (κ1) is 18.1. The van der Waals surface area contributed by atoms with Crippen molar-refractivity contribution < 1.29 is 4.92 Å². The maximum absolute atomic E-state index is 11.9. The summed E-state index contributed by atoms with van der Waals surface area (Å²) in [5, 5.41) is 15.2. The van der Waals surface area contributed by atoms with Crippen molar-refractivity contribution in [3.8, 4) is 0 Å². The lowest BCUT2D eigenvalue weighted by Crippen LogP contribution is -2.25. The Morgan fingerprint density at radius 1 is 1.27 bits per heavy atom. The van der Waals surface area contributed by atoms with Gasteiger partial charge in [-0.05, 0) is 44.4 Å². The van der Waals surface area contributed by atoms with Crippen LogP contribution in [0.15, 0.2) is 30.6 Å². The van der Waals surface area contributed by atoms with Crippen LogP contribution in [0, 0.1) is 17.0 Å². The highest BCUT2D eigenvalue weighted by atomic mass is 16.6. The van der Waals surface area contributed by atoms with Gasteiger partial charge in [0.05, 0.1) is 4.92 Å². The molecule has 1 heterocycles. The van der Waals surface area contributed by atoms with E-state index in [9.17, 15) is 10.1 Å². The Balaban J connectivity index is 2.00. The predicted molar refractivity (Wildman–Crippen MR) is 103 cm³/mol. The Morgan fingerprint density at radius 2 is 2.04 bits per heavy atom. The van der Waals surface area contributed by atoms with Gasteiger partial charge in [0.1, 0.15) is 6.33 Å². The summed E-state index contributed by atoms with van der Waals surface area (Å²) in [6, 6.07) is 8.13. The van der Waals surface area contributed by atoms with Gasteiger partial charge in [-0.25, -0.2) is 9.97 Å². The van der Waals surface area contributed by atoms with E-state index in [-0.39, 0.29) is 16.7 Å². The van der Waals surface area contributed by atoms with Crippen LogP contribution in [0.25, 0.3) is 0 Å². The molecular weight excluding hydrogens is 330 g/mol. The molecule has 7 heteroatoms. The zero-order valence-corrected chi connectivity index (χ0v) is 15.3. The second kappa shape index (κ2) is 8.12. The SMILES string of the molecule is CCN(c1cccc(C)c1)c1ncnc(NC2CCCCC2)c1[N+](=O)[O-]. The Bertz CT molecular complexity index is 774. The number of nitrogens with zero attached hydrogens (tertiary/aromatic N) is 4. The van der Waals surface area contributed by atoms with E-state index in [0.717, 1.165) is 36.9 Å². The first-order valence-corrected chi connectivity index (χ1v) is 9.20. The molecule has 0 aliphatic heterocycles. The fraction of sp³-hybridized carbons (Fsp3) is 0.474. The quantitative estimate of drug-likeness (QED) is 0.602. The molecule has 0 amide bonds. The Hall–Kier alpha value is -2.70. The minimum absolute atomic E-state index is 0.0542. The fourth-order valence-electron chi connectivity index (χ4n) is 3.53. The molecule has 3 rings (SSSR count). The van der Waals surface area contributed by atoms with E-state index in [1.165, 1.54) is 12.7 Å². The number of benzene rings is 1. The van der Waals surface area contributed by atoms with Crippen LogP contribution in [0.3, 0.4) is 0 Å². The molecule has 0 unspecified atom stereocenters. The molecule has 0 radical (unpaired) electrons. The van der Waals surface area contributed by atoms with Crippen LogP contribution in [-0.2, 0) is 0 Å². The number of rotatable bonds is 6. The molecule has 2 aromatic rings. The highest BCUT2D eigenvalue weighted by Gasteiger charge is 2.29. The van der Waals surface area contributed by atoms with E-state index < -0.39 is 0 Å². The second-order valence-corrected chi connectivity index (χ2v) is 6.71. The van der Waals surface area contributed by atoms with Crippen LogP contribution >= 0.6 is 0 Å². The van der Waals surface area contributed by atoms with Crippen molar-refractivity contribution in [1.82, 2.24) is 9.97 Å². The van der Waals surface area contributed by atoms with Crippen LogP contribution in [0.4, 0.5) is 23.0 Å². The van der Waals surface area contributed by atoms with Gasteiger partial charge < -0.3 is 10.2 Å². The van der Waals surface area contributed by atoms with Gasteiger partial charge in [-0.2, -0.15) is 0 Å². The third-order valence-electron chi connectivity index (χ3n) is 4.82. The highest BCUT2D eigenvalue weighted by molar-refractivity contribution is 5.75. The molecule has 1 aromatic carbocycles. The standard InChI is InChI=1S/C19H25N5O2/c1-3-23(16-11-7-8-14(2)12-16)19-17(24(25)26)18(20-13-21-19)22-15-9-5-4-6-10-15/h7-8,11-13,15H,3-6,9-10H2,1-2H3,(H,20,21,22). The van der Waals surface area contributed by atoms with Gasteiger partial charge in [0, 0.05) is 18.3 Å². The third kappa shape index (κ3) is 3.92. The first-order valence-electron chi connectivity index (χ1n) is 9.20. The molecule has 0 bridgehead atoms. The topological polar surface area (TPSA) is 84.2 Å². The number of nitrogens with one attached hydrogen (secondary N) is 1. The smallest absolute Gasteiger partial charge is 0.353 e. The van der Waals surface area contributed by atoms with Crippen LogP contribution in [0.1, 0.15) is 44.6 Å². The van der Waals surface area contributed by atoms with Gasteiger partial charge >= 0.3 is 5.69 Å². The molecule has 0 spiro atoms. The van der Waals surface area contributed by atoms with Gasteiger partial charge in [0.2, 0.25) is 11.6 Å². The van der Waals surface area contributed by atoms with Crippen LogP contribution in [0.5, 0.6) is 0 Å². The lowest BCUT2D eigenvalue weighted by molar-refractivity contribution is -0.383. The van der Waals surface area contributed by atoms with E-state index in [4.69, 9.17) is 0 Å². The van der Waals surface area contributed by atoms with Gasteiger partial charge in [0.15, 0.2) is 0 Å². The van der Waals surface area contributed by atoms with Gasteiger partial charge in [-0.1, -0.05) is 31.4 Å². The molecule has 26 heavy (non-hydrogen) atoms. The van der Waals surface area contributed by atoms with Crippen molar-refractivity contribution in [2.45, 2.75) is 52.0 Å². The molecule has 7 nitrogen and oxygen atoms in total. The average molecular weight is 355 g/mol. The van der Waals surface area contributed by atoms with Crippen molar-refractivity contribution in [3.63, 3.8) is 0 Å². The molecule has 1 aliphatic carbocycles. The number of anilines is 3. The number of aryl methyl sites for hydroxylation is 1. The summed E-state index contributed by atoms with van der Waals surface area (Å²) < 4.78 is 0. The number of aromatic nitrogens is 2. The third-order valence-corrected chi connectivity index (χ3v) is 4.82. The summed E-state index contributed by atoms with van der Waals surface area (Å²) in [5.41, 5.74) is 1.93. The van der Waals surface area contributed by atoms with E-state index in [0.29, 0.717) is 18.2 Å². The lowest BCUT2D eigenvalue weighted by atomic mass is 9.95. The number of hydrogen-bond acceptors (Lipinski definition) is 6. The lowest BCUT2D eigenvalue weighted by Gasteiger charge is -2.25. The Kier molecular flexibility index (Phi) is 5.65. The van der Waals surface area contributed by atoms with E-state index in [1.807, 2.05) is 43.0 Å². The van der Waals surface area contributed by atoms with Crippen molar-refractivity contribution in [3.05, 3.63) is 46.3 Å². The van der Waals surface area contributed by atoms with Crippen molar-refractivity contribution in [1.29, 1.82) is 0 Å². The molecular formula is C19H25N5O2. The predicted octanol–water partition coefficient (Wildman–Crippen LogP) is 4.60. The molecule has 0 saturated heterocycles. The summed E-state index contributed by atoms with van der Waals surface area (Å²) in [5.74, 6) is 0.648. The van der Waals surface area contributed by atoms with Crippen molar-refractivity contribution >= 4 is 23.0 Å². The van der Waals surface area contributed by atoms with E-state index in [1.54, 1.807) is 0 Å². The summed E-state index contributed by atoms with van der Waals surface area (Å²) in [7, 11) is 0. The van der Waals surface area contributed by atoms with E-state index >= 15 is 0 Å². The zero-order valence-electron chi connectivity index (χ0n) is 15.3. The molecule has 1 fully saturated rings. The maximum atomic E-state index is 11.9. The normalized spacial score (nSPS) is 14.8. The zero-order chi connectivity index (χ0) is 18.5. The van der Waals surface area contributed by atoms with Gasteiger partial charge in [-0.3, -0.25) is 10.1 Å². The maximum Gasteiger partial charge on any atom is 0.353 e. The Morgan fingerprint density at radius 3 is 2.69 bits per heavy atom. The van der Waals surface area contributed by atoms with E-state index in [2.05, 4.69) is 15.3 Å². The monoisotopic (exact) mass is 355 g/mol. The average Bonchev–Trinajstić information content (AvgIpc) is 2.63. The minimum Gasteiger partial charge on any atom is -0.361 e. The van der Waals surface area contributed by atoms with Gasteiger partial charge in [0.25, 0.3) is 0 Å². The molecule has 1 aromatic heterocycles. The fourth-order valence-corrected chi connectivity index (χ4v) is 3.53. The second-order valence-electron chi connectivity index (χ2n) is 6.71. The number of hydrogen-bond donors (Lipinski definition) is 1. The Labute approximate surface area is 153 Å². The summed E-state index contributed by atoms with van der Waals surface area (Å²) in [4.78, 5) is 21.8. The largest absolute Gasteiger partial charge is 0.361 e. The molecule has 0 atom stereocenters. The molecule has 1 N–H and O–H groups in total. The number of nitro groups is 1. The van der Waals surface area contributed by atoms with Crippen molar-refractivity contribution in [2.75, 3.05) is 16.8 Å². The molecule has 1 aliphatic rings. The van der Waals surface area contributed by atoms with Crippen LogP contribution in [-0.4, -0.2) is 27.5 Å². The summed E-state index contributed by atoms with van der Waals surface area (Å²) in [6.07, 6.45) is 6.97. The molecule has 138 valence electrons. The van der Waals surface area contributed by atoms with Crippen LogP contribution < -0.4 is 10.2 Å².